The monoisotopic (exact) mass is 570 g/mol. The van der Waals surface area contributed by atoms with Crippen molar-refractivity contribution in [3.63, 3.8) is 0 Å². The number of nitrogens with zero attached hydrogens (tertiary/aromatic N) is 4. The highest BCUT2D eigenvalue weighted by atomic mass is 35.5. The fourth-order valence-electron chi connectivity index (χ4n) is 5.05. The van der Waals surface area contributed by atoms with Gasteiger partial charge in [0.2, 0.25) is 5.95 Å². The lowest BCUT2D eigenvalue weighted by molar-refractivity contribution is 0.566. The predicted octanol–water partition coefficient (Wildman–Crippen LogP) is 7.10. The number of fused-ring (bicyclic) bond motifs is 1. The molecule has 2 aromatic carbocycles. The van der Waals surface area contributed by atoms with E-state index in [1.165, 1.54) is 6.07 Å². The van der Waals surface area contributed by atoms with Gasteiger partial charge in [0.1, 0.15) is 11.5 Å². The zero-order valence-electron chi connectivity index (χ0n) is 23.5. The molecule has 0 saturated heterocycles. The number of pyridine rings is 2. The number of hydrogen-bond acceptors (Lipinski definition) is 6. The molecule has 0 aliphatic carbocycles. The van der Waals surface area contributed by atoms with Crippen LogP contribution in [0.4, 0.5) is 16.0 Å². The van der Waals surface area contributed by atoms with E-state index < -0.39 is 0 Å². The molecule has 0 aliphatic heterocycles. The summed E-state index contributed by atoms with van der Waals surface area (Å²) in [6.07, 6.45) is 4.25. The van der Waals surface area contributed by atoms with E-state index in [1.54, 1.807) is 29.1 Å². The molecule has 41 heavy (non-hydrogen) atoms. The van der Waals surface area contributed by atoms with Gasteiger partial charge in [-0.1, -0.05) is 42.8 Å². The molecule has 0 spiro atoms. The maximum atomic E-state index is 14.9. The Kier molecular flexibility index (Phi) is 8.42. The number of aromatic nitrogens is 4. The van der Waals surface area contributed by atoms with Gasteiger partial charge in [-0.2, -0.15) is 4.98 Å². The van der Waals surface area contributed by atoms with Gasteiger partial charge in [-0.25, -0.2) is 9.37 Å². The summed E-state index contributed by atoms with van der Waals surface area (Å²) in [4.78, 5) is 27.1. The molecular formula is C32H32ClFN6O. The van der Waals surface area contributed by atoms with Crippen molar-refractivity contribution in [2.45, 2.75) is 39.7 Å². The maximum absolute atomic E-state index is 14.9. The third kappa shape index (κ3) is 5.85. The maximum Gasteiger partial charge on any atom is 0.260 e. The van der Waals surface area contributed by atoms with Gasteiger partial charge >= 0.3 is 0 Å². The van der Waals surface area contributed by atoms with Gasteiger partial charge in [-0.15, -0.1) is 0 Å². The third-order valence-corrected chi connectivity index (χ3v) is 7.65. The Morgan fingerprint density at radius 1 is 1.05 bits per heavy atom. The normalized spacial score (nSPS) is 12.0. The van der Waals surface area contributed by atoms with Crippen LogP contribution >= 0.6 is 11.6 Å². The number of aryl methyl sites for hydroxylation is 2. The number of nitrogens with one attached hydrogen (secondary N) is 2. The van der Waals surface area contributed by atoms with Gasteiger partial charge in [-0.05, 0) is 81.2 Å². The summed E-state index contributed by atoms with van der Waals surface area (Å²) < 4.78 is 16.5. The van der Waals surface area contributed by atoms with Gasteiger partial charge < -0.3 is 10.6 Å². The van der Waals surface area contributed by atoms with Gasteiger partial charge in [0.05, 0.1) is 0 Å². The van der Waals surface area contributed by atoms with E-state index in [9.17, 15) is 9.18 Å². The molecule has 1 unspecified atom stereocenters. The number of benzene rings is 2. The van der Waals surface area contributed by atoms with Gasteiger partial charge in [0, 0.05) is 57.4 Å². The topological polar surface area (TPSA) is 84.7 Å². The standard InChI is InChI=1S/C32H32ClFN6O/c1-5-40-30-22(18-37-32(39-30)38-23-9-11-24(29(34)17-23)19(2)12-14-35-4)15-27(31(40)41)26-10-8-21(16-28(26)33)25-7-6-13-36-20(25)3/h6-11,13,15-19,35H,5,12,14H2,1-4H3,(H,37,38,39). The zero-order chi connectivity index (χ0) is 29.1. The molecular weight excluding hydrogens is 539 g/mol. The van der Waals surface area contributed by atoms with Crippen molar-refractivity contribution in [3.05, 3.63) is 99.4 Å². The summed E-state index contributed by atoms with van der Waals surface area (Å²) in [6.45, 7) is 7.06. The molecule has 7 nitrogen and oxygen atoms in total. The molecule has 1 atom stereocenters. The Hall–Kier alpha value is -4.14. The highest BCUT2D eigenvalue weighted by molar-refractivity contribution is 6.33. The van der Waals surface area contributed by atoms with E-state index in [0.29, 0.717) is 45.0 Å². The minimum atomic E-state index is -0.281. The van der Waals surface area contributed by atoms with E-state index in [1.807, 2.05) is 64.2 Å². The number of hydrogen-bond donors (Lipinski definition) is 2. The lowest BCUT2D eigenvalue weighted by atomic mass is 9.97. The Morgan fingerprint density at radius 2 is 1.88 bits per heavy atom. The average molecular weight is 571 g/mol. The van der Waals surface area contributed by atoms with Crippen molar-refractivity contribution < 1.29 is 4.39 Å². The van der Waals surface area contributed by atoms with Crippen LogP contribution in [0.3, 0.4) is 0 Å². The largest absolute Gasteiger partial charge is 0.324 e. The molecule has 9 heteroatoms. The summed E-state index contributed by atoms with van der Waals surface area (Å²) in [5, 5.41) is 7.34. The van der Waals surface area contributed by atoms with Crippen molar-refractivity contribution >= 4 is 34.3 Å². The van der Waals surface area contributed by atoms with Crippen LogP contribution in [0.25, 0.3) is 33.3 Å². The lowest BCUT2D eigenvalue weighted by Crippen LogP contribution is -2.22. The Labute approximate surface area is 243 Å². The third-order valence-electron chi connectivity index (χ3n) is 7.34. The lowest BCUT2D eigenvalue weighted by Gasteiger charge is -2.15. The van der Waals surface area contributed by atoms with Gasteiger partial charge in [0.25, 0.3) is 5.56 Å². The quantitative estimate of drug-likeness (QED) is 0.197. The first-order valence-corrected chi connectivity index (χ1v) is 14.0. The Bertz CT molecular complexity index is 1790. The van der Waals surface area contributed by atoms with Crippen LogP contribution in [-0.4, -0.2) is 33.1 Å². The van der Waals surface area contributed by atoms with Crippen molar-refractivity contribution in [1.82, 2.24) is 24.8 Å². The summed E-state index contributed by atoms with van der Waals surface area (Å²) in [5.41, 5.74) is 5.38. The highest BCUT2D eigenvalue weighted by Gasteiger charge is 2.17. The highest BCUT2D eigenvalue weighted by Crippen LogP contribution is 2.33. The second-order valence-electron chi connectivity index (χ2n) is 10.1. The molecule has 0 fully saturated rings. The van der Waals surface area contributed by atoms with Crippen LogP contribution in [-0.2, 0) is 6.54 Å². The van der Waals surface area contributed by atoms with Gasteiger partial charge in [0.15, 0.2) is 0 Å². The fraction of sp³-hybridized carbons (Fsp3) is 0.250. The summed E-state index contributed by atoms with van der Waals surface area (Å²) in [7, 11) is 1.88. The number of anilines is 2. The molecule has 3 aromatic heterocycles. The molecule has 210 valence electrons. The fourth-order valence-corrected chi connectivity index (χ4v) is 5.33. The Balaban J connectivity index is 1.47. The SMILES string of the molecule is CCn1c(=O)c(-c2ccc(-c3cccnc3C)cc2Cl)cc2cnc(Nc3ccc(C(C)CCNC)c(F)c3)nc21. The van der Waals surface area contributed by atoms with Crippen LogP contribution in [0.5, 0.6) is 0 Å². The average Bonchev–Trinajstić information content (AvgIpc) is 2.96. The molecule has 5 rings (SSSR count). The van der Waals surface area contributed by atoms with E-state index in [-0.39, 0.29) is 23.2 Å². The molecule has 0 amide bonds. The van der Waals surface area contributed by atoms with Crippen LogP contribution < -0.4 is 16.2 Å². The molecule has 0 bridgehead atoms. The van der Waals surface area contributed by atoms with E-state index in [2.05, 4.69) is 25.6 Å². The molecule has 2 N–H and O–H groups in total. The van der Waals surface area contributed by atoms with Gasteiger partial charge in [-0.3, -0.25) is 14.3 Å². The first-order chi connectivity index (χ1) is 19.8. The van der Waals surface area contributed by atoms with Crippen molar-refractivity contribution in [2.75, 3.05) is 18.9 Å². The summed E-state index contributed by atoms with van der Waals surface area (Å²) in [6, 6.07) is 16.4. The number of halogens is 2. The minimum Gasteiger partial charge on any atom is -0.324 e. The summed E-state index contributed by atoms with van der Waals surface area (Å²) in [5.74, 6) is 0.0818. The smallest absolute Gasteiger partial charge is 0.260 e. The number of rotatable bonds is 9. The Morgan fingerprint density at radius 3 is 2.59 bits per heavy atom. The van der Waals surface area contributed by atoms with Crippen LogP contribution in [0, 0.1) is 12.7 Å². The first kappa shape index (κ1) is 28.4. The zero-order valence-corrected chi connectivity index (χ0v) is 24.3. The van der Waals surface area contributed by atoms with E-state index in [4.69, 9.17) is 11.6 Å². The molecule has 0 saturated carbocycles. The molecule has 5 aromatic rings. The van der Waals surface area contributed by atoms with Crippen molar-refractivity contribution in [1.29, 1.82) is 0 Å². The minimum absolute atomic E-state index is 0.0887. The van der Waals surface area contributed by atoms with Crippen molar-refractivity contribution in [2.24, 2.45) is 0 Å². The van der Waals surface area contributed by atoms with Crippen LogP contribution in [0.1, 0.15) is 37.4 Å². The van der Waals surface area contributed by atoms with Crippen LogP contribution in [0.2, 0.25) is 5.02 Å². The second kappa shape index (κ2) is 12.2. The summed E-state index contributed by atoms with van der Waals surface area (Å²) >= 11 is 6.73. The predicted molar refractivity (Wildman–Crippen MR) is 165 cm³/mol. The van der Waals surface area contributed by atoms with E-state index in [0.717, 1.165) is 29.8 Å². The second-order valence-corrected chi connectivity index (χ2v) is 10.5. The molecule has 0 radical (unpaired) electrons. The van der Waals surface area contributed by atoms with Crippen LogP contribution in [0.15, 0.2) is 71.8 Å². The van der Waals surface area contributed by atoms with Crippen molar-refractivity contribution in [3.8, 4) is 22.3 Å². The first-order valence-electron chi connectivity index (χ1n) is 13.6. The van der Waals surface area contributed by atoms with E-state index >= 15 is 0 Å². The molecule has 3 heterocycles. The molecule has 0 aliphatic rings.